The number of carbonyl (C=O) groups excluding carboxylic acids is 1. The highest BCUT2D eigenvalue weighted by Gasteiger charge is 2.51. The number of benzene rings is 1. The number of amides is 1. The maximum atomic E-state index is 14.1. The second kappa shape index (κ2) is 4.80. The predicted octanol–water partition coefficient (Wildman–Crippen LogP) is 4.29. The molecule has 0 spiro atoms. The van der Waals surface area contributed by atoms with Crippen LogP contribution in [0.5, 0.6) is 0 Å². The first kappa shape index (κ1) is 13.7. The number of rotatable bonds is 2. The van der Waals surface area contributed by atoms with Gasteiger partial charge in [0.25, 0.3) is 5.91 Å². The minimum atomic E-state index is -0.459. The van der Waals surface area contributed by atoms with Crippen molar-refractivity contribution in [1.82, 2.24) is 5.32 Å². The third kappa shape index (κ3) is 2.32. The highest BCUT2D eigenvalue weighted by atomic mass is 79.9. The summed E-state index contributed by atoms with van der Waals surface area (Å²) in [5.74, 6) is 1.59. The number of carbonyl (C=O) groups is 1. The predicted molar refractivity (Wildman–Crippen MR) is 82.5 cm³/mol. The van der Waals surface area contributed by atoms with Gasteiger partial charge in [0.2, 0.25) is 0 Å². The molecule has 0 saturated heterocycles. The molecular formula is C17H19BrFNO. The van der Waals surface area contributed by atoms with Crippen LogP contribution >= 0.6 is 15.9 Å². The van der Waals surface area contributed by atoms with Crippen molar-refractivity contribution in [3.63, 3.8) is 0 Å². The van der Waals surface area contributed by atoms with Gasteiger partial charge in [-0.2, -0.15) is 0 Å². The lowest BCUT2D eigenvalue weighted by atomic mass is 9.53. The molecule has 112 valence electrons. The van der Waals surface area contributed by atoms with Crippen LogP contribution in [0.15, 0.2) is 22.7 Å². The largest absolute Gasteiger partial charge is 0.346 e. The van der Waals surface area contributed by atoms with Crippen LogP contribution in [-0.2, 0) is 0 Å². The molecular weight excluding hydrogens is 333 g/mol. The van der Waals surface area contributed by atoms with E-state index in [4.69, 9.17) is 0 Å². The van der Waals surface area contributed by atoms with Gasteiger partial charge in [0.15, 0.2) is 0 Å². The van der Waals surface area contributed by atoms with Crippen molar-refractivity contribution in [3.05, 3.63) is 34.1 Å². The van der Waals surface area contributed by atoms with Gasteiger partial charge in [-0.1, -0.05) is 6.07 Å². The second-order valence-corrected chi connectivity index (χ2v) is 8.11. The minimum Gasteiger partial charge on any atom is -0.346 e. The third-order valence-corrected chi connectivity index (χ3v) is 6.23. The molecule has 1 aromatic carbocycles. The smallest absolute Gasteiger partial charge is 0.254 e. The zero-order chi connectivity index (χ0) is 14.6. The van der Waals surface area contributed by atoms with E-state index >= 15 is 0 Å². The van der Waals surface area contributed by atoms with Gasteiger partial charge in [0, 0.05) is 5.54 Å². The van der Waals surface area contributed by atoms with Crippen LogP contribution in [0.1, 0.15) is 48.9 Å². The second-order valence-electron chi connectivity index (χ2n) is 7.25. The van der Waals surface area contributed by atoms with Crippen molar-refractivity contribution in [1.29, 1.82) is 0 Å². The molecule has 4 bridgehead atoms. The molecule has 1 aromatic rings. The quantitative estimate of drug-likeness (QED) is 0.846. The van der Waals surface area contributed by atoms with Gasteiger partial charge in [-0.3, -0.25) is 4.79 Å². The molecule has 0 radical (unpaired) electrons. The van der Waals surface area contributed by atoms with Crippen molar-refractivity contribution in [2.45, 2.75) is 44.1 Å². The molecule has 0 heterocycles. The van der Waals surface area contributed by atoms with Crippen molar-refractivity contribution in [3.8, 4) is 0 Å². The van der Waals surface area contributed by atoms with Gasteiger partial charge in [0.05, 0.1) is 10.0 Å². The summed E-state index contributed by atoms with van der Waals surface area (Å²) in [6.07, 6.45) is 7.25. The Kier molecular flexibility index (Phi) is 3.14. The summed E-state index contributed by atoms with van der Waals surface area (Å²) in [7, 11) is 0. The molecule has 1 N–H and O–H groups in total. The van der Waals surface area contributed by atoms with E-state index in [-0.39, 0.29) is 17.0 Å². The van der Waals surface area contributed by atoms with Gasteiger partial charge >= 0.3 is 0 Å². The fourth-order valence-electron chi connectivity index (χ4n) is 5.25. The first-order valence-electron chi connectivity index (χ1n) is 7.81. The molecule has 0 aromatic heterocycles. The summed E-state index contributed by atoms with van der Waals surface area (Å²) in [5.41, 5.74) is 0.0840. The van der Waals surface area contributed by atoms with Crippen molar-refractivity contribution >= 4 is 21.8 Å². The summed E-state index contributed by atoms with van der Waals surface area (Å²) in [6.45, 7) is 0. The van der Waals surface area contributed by atoms with Crippen molar-refractivity contribution in [2.24, 2.45) is 17.8 Å². The lowest BCUT2D eigenvalue weighted by Crippen LogP contribution is -2.59. The Balaban J connectivity index is 1.58. The normalized spacial score (nSPS) is 36.8. The summed E-state index contributed by atoms with van der Waals surface area (Å²) in [5, 5.41) is 3.21. The van der Waals surface area contributed by atoms with Crippen LogP contribution in [0.3, 0.4) is 0 Å². The first-order valence-corrected chi connectivity index (χ1v) is 8.60. The molecule has 5 rings (SSSR count). The summed E-state index contributed by atoms with van der Waals surface area (Å²) < 4.78 is 14.5. The van der Waals surface area contributed by atoms with Gasteiger partial charge < -0.3 is 5.32 Å². The molecule has 4 aliphatic carbocycles. The lowest BCUT2D eigenvalue weighted by molar-refractivity contribution is -0.0167. The monoisotopic (exact) mass is 351 g/mol. The van der Waals surface area contributed by atoms with E-state index in [2.05, 4.69) is 21.2 Å². The fraction of sp³-hybridized carbons (Fsp3) is 0.588. The van der Waals surface area contributed by atoms with E-state index in [0.29, 0.717) is 4.47 Å². The average molecular weight is 352 g/mol. The zero-order valence-electron chi connectivity index (χ0n) is 11.9. The Morgan fingerprint density at radius 1 is 1.14 bits per heavy atom. The van der Waals surface area contributed by atoms with Crippen LogP contribution < -0.4 is 5.32 Å². The molecule has 4 fully saturated rings. The van der Waals surface area contributed by atoms with E-state index in [1.165, 1.54) is 19.3 Å². The topological polar surface area (TPSA) is 29.1 Å². The highest BCUT2D eigenvalue weighted by molar-refractivity contribution is 9.10. The van der Waals surface area contributed by atoms with Gasteiger partial charge in [-0.05, 0) is 84.3 Å². The van der Waals surface area contributed by atoms with E-state index in [1.807, 2.05) is 0 Å². The van der Waals surface area contributed by atoms with Crippen LogP contribution in [0, 0.1) is 23.6 Å². The molecule has 2 nitrogen and oxygen atoms in total. The van der Waals surface area contributed by atoms with E-state index < -0.39 is 5.82 Å². The number of hydrogen-bond donors (Lipinski definition) is 1. The molecule has 0 unspecified atom stereocenters. The minimum absolute atomic E-state index is 0.0689. The molecule has 4 heteroatoms. The fourth-order valence-corrected chi connectivity index (χ4v) is 5.62. The number of nitrogens with one attached hydrogen (secondary N) is 1. The van der Waals surface area contributed by atoms with E-state index in [1.54, 1.807) is 18.2 Å². The SMILES string of the molecule is O=C(NC12CC3CC(CC(C3)C1)C2)c1cccc(Br)c1F. The maximum absolute atomic E-state index is 14.1. The average Bonchev–Trinajstić information content (AvgIpc) is 2.39. The zero-order valence-corrected chi connectivity index (χ0v) is 13.5. The Morgan fingerprint density at radius 2 is 1.71 bits per heavy atom. The Morgan fingerprint density at radius 3 is 2.29 bits per heavy atom. The molecule has 0 aliphatic heterocycles. The van der Waals surface area contributed by atoms with Crippen molar-refractivity contribution in [2.75, 3.05) is 0 Å². The van der Waals surface area contributed by atoms with Crippen molar-refractivity contribution < 1.29 is 9.18 Å². The van der Waals surface area contributed by atoms with Crippen LogP contribution in [0.4, 0.5) is 4.39 Å². The van der Waals surface area contributed by atoms with Gasteiger partial charge in [-0.25, -0.2) is 4.39 Å². The third-order valence-electron chi connectivity index (χ3n) is 5.61. The van der Waals surface area contributed by atoms with Crippen LogP contribution in [0.25, 0.3) is 0 Å². The Labute approximate surface area is 132 Å². The van der Waals surface area contributed by atoms with Gasteiger partial charge in [-0.15, -0.1) is 0 Å². The van der Waals surface area contributed by atoms with Crippen LogP contribution in [0.2, 0.25) is 0 Å². The number of hydrogen-bond acceptors (Lipinski definition) is 1. The molecule has 21 heavy (non-hydrogen) atoms. The first-order chi connectivity index (χ1) is 10.0. The highest BCUT2D eigenvalue weighted by Crippen LogP contribution is 2.55. The van der Waals surface area contributed by atoms with Crippen LogP contribution in [-0.4, -0.2) is 11.4 Å². The maximum Gasteiger partial charge on any atom is 0.254 e. The molecule has 0 atom stereocenters. The summed E-state index contributed by atoms with van der Waals surface area (Å²) >= 11 is 3.15. The Bertz CT molecular complexity index is 565. The standard InChI is InChI=1S/C17H19BrFNO/c18-14-3-1-2-13(15(14)19)16(21)20-17-7-10-4-11(8-17)6-12(5-10)9-17/h1-3,10-12H,4-9H2,(H,20,21). The molecule has 4 saturated carbocycles. The molecule has 4 aliphatic rings. The van der Waals surface area contributed by atoms with E-state index in [9.17, 15) is 9.18 Å². The Hall–Kier alpha value is -0.900. The van der Waals surface area contributed by atoms with Gasteiger partial charge in [0.1, 0.15) is 5.82 Å². The van der Waals surface area contributed by atoms with E-state index in [0.717, 1.165) is 37.0 Å². The number of halogens is 2. The molecule has 1 amide bonds. The lowest BCUT2D eigenvalue weighted by Gasteiger charge is -2.56. The summed E-state index contributed by atoms with van der Waals surface area (Å²) in [4.78, 5) is 12.5. The summed E-state index contributed by atoms with van der Waals surface area (Å²) in [6, 6.07) is 4.90.